The summed E-state index contributed by atoms with van der Waals surface area (Å²) in [4.78, 5) is 12.2. The summed E-state index contributed by atoms with van der Waals surface area (Å²) in [6.45, 7) is 4.13. The Bertz CT molecular complexity index is 520. The van der Waals surface area contributed by atoms with Gasteiger partial charge in [-0.2, -0.15) is 0 Å². The minimum absolute atomic E-state index is 0.145. The number of aryl methyl sites for hydroxylation is 2. The van der Waals surface area contributed by atoms with Crippen LogP contribution in [0.25, 0.3) is 0 Å². The van der Waals surface area contributed by atoms with E-state index in [0.717, 1.165) is 23.0 Å². The molecular weight excluding hydrogens is 240 g/mol. The first-order valence-corrected chi connectivity index (χ1v) is 5.93. The molecule has 0 bridgehead atoms. The van der Waals surface area contributed by atoms with Gasteiger partial charge >= 0.3 is 0 Å². The van der Waals surface area contributed by atoms with Gasteiger partial charge < -0.3 is 9.84 Å². The number of amides is 1. The SMILES string of the molecule is Cc1cc(CCNC(=O)c2snnc2C)on1. The summed E-state index contributed by atoms with van der Waals surface area (Å²) in [6, 6.07) is 1.85. The van der Waals surface area contributed by atoms with E-state index in [-0.39, 0.29) is 5.91 Å². The van der Waals surface area contributed by atoms with Crippen molar-refractivity contribution in [1.82, 2.24) is 20.1 Å². The van der Waals surface area contributed by atoms with Gasteiger partial charge in [0.15, 0.2) is 0 Å². The van der Waals surface area contributed by atoms with Crippen LogP contribution < -0.4 is 5.32 Å². The van der Waals surface area contributed by atoms with E-state index >= 15 is 0 Å². The largest absolute Gasteiger partial charge is 0.361 e. The maximum absolute atomic E-state index is 11.7. The summed E-state index contributed by atoms with van der Waals surface area (Å²) in [6.07, 6.45) is 0.623. The molecule has 90 valence electrons. The van der Waals surface area contributed by atoms with Gasteiger partial charge in [-0.15, -0.1) is 5.10 Å². The number of carbonyl (C=O) groups excluding carboxylic acids is 1. The fourth-order valence-corrected chi connectivity index (χ4v) is 1.93. The fourth-order valence-electron chi connectivity index (χ4n) is 1.35. The molecule has 0 spiro atoms. The van der Waals surface area contributed by atoms with E-state index in [9.17, 15) is 4.79 Å². The van der Waals surface area contributed by atoms with Crippen molar-refractivity contribution in [3.05, 3.63) is 28.1 Å². The normalized spacial score (nSPS) is 10.5. The first-order chi connectivity index (χ1) is 8.16. The van der Waals surface area contributed by atoms with Crippen LogP contribution in [-0.4, -0.2) is 27.2 Å². The fraction of sp³-hybridized carbons (Fsp3) is 0.400. The lowest BCUT2D eigenvalue weighted by Crippen LogP contribution is -2.25. The predicted octanol–water partition coefficient (Wildman–Crippen LogP) is 1.12. The average Bonchev–Trinajstić information content (AvgIpc) is 2.87. The molecule has 0 saturated heterocycles. The molecule has 0 aliphatic heterocycles. The molecule has 7 heteroatoms. The summed E-state index contributed by atoms with van der Waals surface area (Å²) < 4.78 is 8.75. The summed E-state index contributed by atoms with van der Waals surface area (Å²) in [5.41, 5.74) is 1.50. The molecule has 0 fully saturated rings. The van der Waals surface area contributed by atoms with Crippen molar-refractivity contribution in [3.63, 3.8) is 0 Å². The topological polar surface area (TPSA) is 80.9 Å². The Kier molecular flexibility index (Phi) is 3.48. The molecule has 2 aromatic heterocycles. The van der Waals surface area contributed by atoms with Crippen LogP contribution in [0.1, 0.15) is 26.8 Å². The zero-order valence-electron chi connectivity index (χ0n) is 9.56. The van der Waals surface area contributed by atoms with E-state index in [4.69, 9.17) is 4.52 Å². The van der Waals surface area contributed by atoms with Crippen molar-refractivity contribution in [1.29, 1.82) is 0 Å². The quantitative estimate of drug-likeness (QED) is 0.881. The Morgan fingerprint density at radius 2 is 2.35 bits per heavy atom. The minimum atomic E-state index is -0.145. The van der Waals surface area contributed by atoms with E-state index in [0.29, 0.717) is 23.5 Å². The van der Waals surface area contributed by atoms with Gasteiger partial charge in [0.05, 0.1) is 11.4 Å². The van der Waals surface area contributed by atoms with Crippen molar-refractivity contribution in [2.24, 2.45) is 0 Å². The Hall–Kier alpha value is -1.76. The smallest absolute Gasteiger partial charge is 0.264 e. The van der Waals surface area contributed by atoms with E-state index in [2.05, 4.69) is 20.1 Å². The molecule has 1 N–H and O–H groups in total. The molecule has 0 atom stereocenters. The van der Waals surface area contributed by atoms with E-state index in [1.165, 1.54) is 0 Å². The third-order valence-corrected chi connectivity index (χ3v) is 3.02. The number of nitrogens with one attached hydrogen (secondary N) is 1. The van der Waals surface area contributed by atoms with Crippen LogP contribution in [0, 0.1) is 13.8 Å². The highest BCUT2D eigenvalue weighted by molar-refractivity contribution is 7.07. The highest BCUT2D eigenvalue weighted by Crippen LogP contribution is 2.08. The second kappa shape index (κ2) is 5.05. The van der Waals surface area contributed by atoms with Gasteiger partial charge in [-0.3, -0.25) is 4.79 Å². The van der Waals surface area contributed by atoms with Gasteiger partial charge in [-0.05, 0) is 25.4 Å². The highest BCUT2D eigenvalue weighted by atomic mass is 32.1. The number of aromatic nitrogens is 3. The van der Waals surface area contributed by atoms with E-state index < -0.39 is 0 Å². The molecule has 0 unspecified atom stereocenters. The number of carbonyl (C=O) groups is 1. The van der Waals surface area contributed by atoms with Crippen LogP contribution in [0.4, 0.5) is 0 Å². The molecule has 0 aliphatic carbocycles. The summed E-state index contributed by atoms with van der Waals surface area (Å²) >= 11 is 1.10. The maximum Gasteiger partial charge on any atom is 0.264 e. The van der Waals surface area contributed by atoms with Crippen LogP contribution in [0.2, 0.25) is 0 Å². The van der Waals surface area contributed by atoms with Gasteiger partial charge in [0.1, 0.15) is 10.6 Å². The highest BCUT2D eigenvalue weighted by Gasteiger charge is 2.12. The zero-order chi connectivity index (χ0) is 12.3. The van der Waals surface area contributed by atoms with Crippen LogP contribution in [0.15, 0.2) is 10.6 Å². The summed E-state index contributed by atoms with van der Waals surface area (Å²) in [5.74, 6) is 0.621. The number of hydrogen-bond donors (Lipinski definition) is 1. The first-order valence-electron chi connectivity index (χ1n) is 5.16. The molecule has 0 saturated carbocycles. The second-order valence-electron chi connectivity index (χ2n) is 3.63. The standard InChI is InChI=1S/C10H12N4O2S/c1-6-5-8(16-13-6)3-4-11-10(15)9-7(2)12-14-17-9/h5H,3-4H2,1-2H3,(H,11,15). The van der Waals surface area contributed by atoms with Crippen molar-refractivity contribution >= 4 is 17.4 Å². The summed E-state index contributed by atoms with van der Waals surface area (Å²) in [7, 11) is 0. The lowest BCUT2D eigenvalue weighted by molar-refractivity contribution is 0.0957. The molecule has 17 heavy (non-hydrogen) atoms. The van der Waals surface area contributed by atoms with Crippen molar-refractivity contribution < 1.29 is 9.32 Å². The maximum atomic E-state index is 11.7. The van der Waals surface area contributed by atoms with Crippen LogP contribution in [-0.2, 0) is 6.42 Å². The van der Waals surface area contributed by atoms with Crippen LogP contribution >= 0.6 is 11.5 Å². The van der Waals surface area contributed by atoms with E-state index in [1.54, 1.807) is 6.92 Å². The van der Waals surface area contributed by atoms with Gasteiger partial charge in [-0.25, -0.2) is 0 Å². The monoisotopic (exact) mass is 252 g/mol. The Balaban J connectivity index is 1.83. The summed E-state index contributed by atoms with van der Waals surface area (Å²) in [5, 5.41) is 10.3. The third-order valence-electron chi connectivity index (χ3n) is 2.19. The molecule has 6 nitrogen and oxygen atoms in total. The van der Waals surface area contributed by atoms with Crippen molar-refractivity contribution in [3.8, 4) is 0 Å². The Morgan fingerprint density at radius 1 is 1.53 bits per heavy atom. The number of hydrogen-bond acceptors (Lipinski definition) is 6. The number of nitrogens with zero attached hydrogens (tertiary/aromatic N) is 3. The Morgan fingerprint density at radius 3 is 2.94 bits per heavy atom. The molecule has 0 aromatic carbocycles. The van der Waals surface area contributed by atoms with Crippen LogP contribution in [0.5, 0.6) is 0 Å². The first kappa shape index (κ1) is 11.7. The van der Waals surface area contributed by atoms with Gasteiger partial charge in [0.2, 0.25) is 0 Å². The molecule has 0 aliphatic rings. The van der Waals surface area contributed by atoms with Gasteiger partial charge in [-0.1, -0.05) is 9.64 Å². The van der Waals surface area contributed by atoms with E-state index in [1.807, 2.05) is 13.0 Å². The zero-order valence-corrected chi connectivity index (χ0v) is 10.4. The predicted molar refractivity (Wildman–Crippen MR) is 61.9 cm³/mol. The minimum Gasteiger partial charge on any atom is -0.361 e. The van der Waals surface area contributed by atoms with Crippen molar-refractivity contribution in [2.45, 2.75) is 20.3 Å². The molecule has 0 radical (unpaired) electrons. The third kappa shape index (κ3) is 2.88. The molecular formula is C10H12N4O2S. The molecule has 1 amide bonds. The molecule has 2 heterocycles. The lowest BCUT2D eigenvalue weighted by atomic mass is 10.3. The van der Waals surface area contributed by atoms with Gasteiger partial charge in [0, 0.05) is 19.0 Å². The Labute approximate surface area is 102 Å². The molecule has 2 aromatic rings. The second-order valence-corrected chi connectivity index (χ2v) is 4.38. The average molecular weight is 252 g/mol. The van der Waals surface area contributed by atoms with Crippen LogP contribution in [0.3, 0.4) is 0 Å². The molecule has 2 rings (SSSR count). The van der Waals surface area contributed by atoms with Gasteiger partial charge in [0.25, 0.3) is 5.91 Å². The van der Waals surface area contributed by atoms with Crippen molar-refractivity contribution in [2.75, 3.05) is 6.54 Å². The number of rotatable bonds is 4. The lowest BCUT2D eigenvalue weighted by Gasteiger charge is -2.00.